The molecule has 0 aliphatic carbocycles. The van der Waals surface area contributed by atoms with Crippen molar-refractivity contribution in [2.24, 2.45) is 0 Å². The quantitative estimate of drug-likeness (QED) is 0.0391. The summed E-state index contributed by atoms with van der Waals surface area (Å²) in [4.78, 5) is 23.9. The Morgan fingerprint density at radius 3 is 1.16 bits per heavy atom. The second-order valence-electron chi connectivity index (χ2n) is 15.2. The third-order valence-electron chi connectivity index (χ3n) is 10.2. The summed E-state index contributed by atoms with van der Waals surface area (Å²) in [5.41, 5.74) is 0. The maximum absolute atomic E-state index is 12.3. The molecule has 0 amide bonds. The lowest BCUT2D eigenvalue weighted by molar-refractivity contribution is -0.164. The molecule has 0 radical (unpaired) electrons. The Labute approximate surface area is 312 Å². The molecule has 1 N–H and O–H groups in total. The molecule has 4 nitrogen and oxygen atoms in total. The molecule has 0 aliphatic heterocycles. The van der Waals surface area contributed by atoms with Crippen LogP contribution in [0.25, 0.3) is 0 Å². The van der Waals surface area contributed by atoms with E-state index in [1.165, 1.54) is 180 Å². The van der Waals surface area contributed by atoms with Crippen LogP contribution in [-0.4, -0.2) is 23.1 Å². The summed E-state index contributed by atoms with van der Waals surface area (Å²) >= 11 is 0. The van der Waals surface area contributed by atoms with Crippen LogP contribution in [0.2, 0.25) is 0 Å². The lowest BCUT2D eigenvalue weighted by atomic mass is 10.0. The molecule has 0 rings (SSSR count). The van der Waals surface area contributed by atoms with Crippen LogP contribution in [0.4, 0.5) is 0 Å². The van der Waals surface area contributed by atoms with Gasteiger partial charge < -0.3 is 9.84 Å². The number of unbranched alkanes of at least 4 members (excludes halogenated alkanes) is 31. The summed E-state index contributed by atoms with van der Waals surface area (Å²) in [5, 5.41) is 9.53. The number of allylic oxidation sites excluding steroid dienone is 4. The topological polar surface area (TPSA) is 63.6 Å². The number of carbonyl (C=O) groups is 2. The van der Waals surface area contributed by atoms with Crippen LogP contribution in [0.15, 0.2) is 24.3 Å². The molecule has 0 saturated carbocycles. The van der Waals surface area contributed by atoms with Gasteiger partial charge in [-0.2, -0.15) is 0 Å². The third kappa shape index (κ3) is 39.2. The first-order chi connectivity index (χ1) is 24.6. The highest BCUT2D eigenvalue weighted by atomic mass is 16.6. The molecule has 0 heterocycles. The van der Waals surface area contributed by atoms with E-state index in [4.69, 9.17) is 4.74 Å². The van der Waals surface area contributed by atoms with E-state index in [0.717, 1.165) is 44.9 Å². The summed E-state index contributed by atoms with van der Waals surface area (Å²) < 4.78 is 5.34. The number of hydrogen-bond acceptors (Lipinski definition) is 3. The highest BCUT2D eigenvalue weighted by Crippen LogP contribution is 2.17. The summed E-state index contributed by atoms with van der Waals surface area (Å²) in [6.45, 7) is 4.54. The Morgan fingerprint density at radius 1 is 0.440 bits per heavy atom. The smallest absolute Gasteiger partial charge is 0.345 e. The Balaban J connectivity index is 3.50. The van der Waals surface area contributed by atoms with E-state index in [0.29, 0.717) is 12.8 Å². The normalized spacial score (nSPS) is 12.4. The number of hydrogen-bond donors (Lipinski definition) is 1. The summed E-state index contributed by atoms with van der Waals surface area (Å²) in [6, 6.07) is 0. The van der Waals surface area contributed by atoms with Gasteiger partial charge in [0, 0.05) is 6.42 Å². The Bertz CT molecular complexity index is 757. The number of esters is 1. The van der Waals surface area contributed by atoms with Crippen LogP contribution in [-0.2, 0) is 14.3 Å². The Kier molecular flexibility index (Phi) is 40.5. The van der Waals surface area contributed by atoms with Gasteiger partial charge in [-0.25, -0.2) is 4.79 Å². The molecule has 0 fully saturated rings. The molecule has 0 bridgehead atoms. The zero-order valence-electron chi connectivity index (χ0n) is 33.7. The van der Waals surface area contributed by atoms with E-state index in [2.05, 4.69) is 38.2 Å². The van der Waals surface area contributed by atoms with Gasteiger partial charge in [0.2, 0.25) is 0 Å². The van der Waals surface area contributed by atoms with Crippen LogP contribution in [0.5, 0.6) is 0 Å². The van der Waals surface area contributed by atoms with Gasteiger partial charge in [-0.3, -0.25) is 4.79 Å². The molecule has 50 heavy (non-hydrogen) atoms. The summed E-state index contributed by atoms with van der Waals surface area (Å²) in [6.07, 6.45) is 53.7. The number of ether oxygens (including phenoxy) is 1. The minimum Gasteiger partial charge on any atom is -0.479 e. The Hall–Kier alpha value is -1.58. The maximum Gasteiger partial charge on any atom is 0.345 e. The van der Waals surface area contributed by atoms with E-state index in [1.807, 2.05) is 0 Å². The lowest BCUT2D eigenvalue weighted by Gasteiger charge is -2.13. The van der Waals surface area contributed by atoms with Crippen LogP contribution in [0.3, 0.4) is 0 Å². The van der Waals surface area contributed by atoms with Crippen molar-refractivity contribution in [2.45, 2.75) is 258 Å². The molecule has 0 aromatic rings. The van der Waals surface area contributed by atoms with Crippen molar-refractivity contribution in [1.82, 2.24) is 0 Å². The van der Waals surface area contributed by atoms with Gasteiger partial charge in [-0.05, 0) is 51.4 Å². The van der Waals surface area contributed by atoms with Gasteiger partial charge in [0.25, 0.3) is 0 Å². The molecule has 0 aromatic carbocycles. The van der Waals surface area contributed by atoms with E-state index < -0.39 is 12.1 Å². The van der Waals surface area contributed by atoms with Crippen molar-refractivity contribution in [3.63, 3.8) is 0 Å². The highest BCUT2D eigenvalue weighted by Gasteiger charge is 2.21. The predicted octanol–water partition coefficient (Wildman–Crippen LogP) is 15.6. The van der Waals surface area contributed by atoms with Gasteiger partial charge in [-0.1, -0.05) is 218 Å². The van der Waals surface area contributed by atoms with E-state index in [9.17, 15) is 14.7 Å². The second kappa shape index (κ2) is 41.8. The zero-order valence-corrected chi connectivity index (χ0v) is 33.7. The van der Waals surface area contributed by atoms with Crippen molar-refractivity contribution in [3.05, 3.63) is 24.3 Å². The Morgan fingerprint density at radius 2 is 0.760 bits per heavy atom. The van der Waals surface area contributed by atoms with E-state index in [1.54, 1.807) is 0 Å². The van der Waals surface area contributed by atoms with Crippen molar-refractivity contribution in [2.75, 3.05) is 0 Å². The largest absolute Gasteiger partial charge is 0.479 e. The van der Waals surface area contributed by atoms with Crippen molar-refractivity contribution >= 4 is 11.9 Å². The number of carboxylic acid groups (broad SMARTS) is 1. The molecule has 1 unspecified atom stereocenters. The molecule has 0 saturated heterocycles. The van der Waals surface area contributed by atoms with Crippen LogP contribution in [0.1, 0.15) is 251 Å². The van der Waals surface area contributed by atoms with Gasteiger partial charge in [-0.15, -0.1) is 0 Å². The molecule has 4 heteroatoms. The average Bonchev–Trinajstić information content (AvgIpc) is 3.11. The first-order valence-corrected chi connectivity index (χ1v) is 22.3. The fourth-order valence-corrected chi connectivity index (χ4v) is 6.82. The minimum atomic E-state index is -1.00. The minimum absolute atomic E-state index is 0.341. The molecule has 0 aliphatic rings. The van der Waals surface area contributed by atoms with Crippen LogP contribution < -0.4 is 0 Å². The lowest BCUT2D eigenvalue weighted by Crippen LogP contribution is -2.27. The maximum atomic E-state index is 12.3. The van der Waals surface area contributed by atoms with E-state index >= 15 is 0 Å². The number of carbonyl (C=O) groups excluding carboxylic acids is 1. The summed E-state index contributed by atoms with van der Waals surface area (Å²) in [5.74, 6) is -1.34. The third-order valence-corrected chi connectivity index (χ3v) is 10.2. The monoisotopic (exact) mass is 703 g/mol. The first-order valence-electron chi connectivity index (χ1n) is 22.3. The first kappa shape index (κ1) is 48.4. The van der Waals surface area contributed by atoms with Gasteiger partial charge in [0.15, 0.2) is 6.10 Å². The van der Waals surface area contributed by atoms with Crippen molar-refractivity contribution < 1.29 is 19.4 Å². The fourth-order valence-electron chi connectivity index (χ4n) is 6.82. The summed E-state index contributed by atoms with van der Waals surface area (Å²) in [7, 11) is 0. The van der Waals surface area contributed by atoms with Crippen molar-refractivity contribution in [1.29, 1.82) is 0 Å². The molecule has 0 spiro atoms. The molecular formula is C46H86O4. The number of carboxylic acids is 1. The fraction of sp³-hybridized carbons (Fsp3) is 0.870. The zero-order chi connectivity index (χ0) is 36.4. The van der Waals surface area contributed by atoms with Gasteiger partial charge >= 0.3 is 11.9 Å². The molecule has 0 aromatic heterocycles. The number of aliphatic carboxylic acids is 1. The van der Waals surface area contributed by atoms with Gasteiger partial charge in [0.1, 0.15) is 0 Å². The van der Waals surface area contributed by atoms with Crippen molar-refractivity contribution in [3.8, 4) is 0 Å². The second-order valence-corrected chi connectivity index (χ2v) is 15.2. The average molecular weight is 703 g/mol. The number of rotatable bonds is 41. The standard InChI is InChI=1S/C46H86O4/c1-3-5-7-9-11-13-15-17-19-21-23-24-25-27-29-31-33-35-37-39-41-43-45(47)50-44(46(48)49)42-40-38-36-34-32-30-28-26-22-20-18-16-14-12-10-8-6-4-2/h11,13,17,19,44H,3-10,12,14-16,18,20-43H2,1-2H3,(H,48,49)/b13-11-,19-17-. The van der Waals surface area contributed by atoms with E-state index in [-0.39, 0.29) is 5.97 Å². The highest BCUT2D eigenvalue weighted by molar-refractivity contribution is 5.77. The van der Waals surface area contributed by atoms with Crippen LogP contribution in [0, 0.1) is 0 Å². The SMILES string of the molecule is CCCCC/C=C\C/C=C\CCCCCCCCCCCCCC(=O)OC(CCCCCCCCCCCCCCCCCCCC)C(=O)O. The predicted molar refractivity (Wildman–Crippen MR) is 218 cm³/mol. The molecule has 294 valence electrons. The molecular weight excluding hydrogens is 617 g/mol. The van der Waals surface area contributed by atoms with Gasteiger partial charge in [0.05, 0.1) is 0 Å². The van der Waals surface area contributed by atoms with Crippen LogP contribution >= 0.6 is 0 Å². The molecule has 1 atom stereocenters.